The first-order valence-electron chi connectivity index (χ1n) is 6.51. The Kier molecular flexibility index (Phi) is 4.30. The summed E-state index contributed by atoms with van der Waals surface area (Å²) in [5.41, 5.74) is 3.33. The second-order valence-electron chi connectivity index (χ2n) is 4.72. The molecule has 1 unspecified atom stereocenters. The minimum atomic E-state index is -0.0959. The van der Waals surface area contributed by atoms with Crippen molar-refractivity contribution in [2.24, 2.45) is 0 Å². The molecule has 0 spiro atoms. The molecule has 0 aliphatic carbocycles. The Morgan fingerprint density at radius 3 is 2.32 bits per heavy atom. The lowest BCUT2D eigenvalue weighted by Gasteiger charge is -2.07. The maximum atomic E-state index is 12.1. The van der Waals surface area contributed by atoms with Crippen LogP contribution in [0.25, 0.3) is 6.08 Å². The first-order chi connectivity index (χ1) is 9.18. The van der Waals surface area contributed by atoms with Gasteiger partial charge in [-0.25, -0.2) is 0 Å². The van der Waals surface area contributed by atoms with Crippen LogP contribution in [0, 0.1) is 6.92 Å². The van der Waals surface area contributed by atoms with Gasteiger partial charge in [-0.05, 0) is 29.7 Å². The van der Waals surface area contributed by atoms with E-state index in [1.807, 2.05) is 74.5 Å². The maximum absolute atomic E-state index is 12.1. The summed E-state index contributed by atoms with van der Waals surface area (Å²) in [7, 11) is 0. The summed E-state index contributed by atoms with van der Waals surface area (Å²) in [6.45, 7) is 3.99. The topological polar surface area (TPSA) is 17.1 Å². The minimum Gasteiger partial charge on any atom is -0.294 e. The lowest BCUT2D eigenvalue weighted by Crippen LogP contribution is -2.05. The van der Waals surface area contributed by atoms with Gasteiger partial charge in [0.05, 0.1) is 0 Å². The number of hydrogen-bond acceptors (Lipinski definition) is 1. The van der Waals surface area contributed by atoms with Gasteiger partial charge in [-0.2, -0.15) is 0 Å². The highest BCUT2D eigenvalue weighted by molar-refractivity contribution is 5.98. The van der Waals surface area contributed by atoms with Gasteiger partial charge in [0.15, 0.2) is 5.78 Å². The molecule has 2 aromatic rings. The van der Waals surface area contributed by atoms with E-state index < -0.39 is 0 Å². The van der Waals surface area contributed by atoms with Gasteiger partial charge in [0.1, 0.15) is 0 Å². The molecule has 1 atom stereocenters. The van der Waals surface area contributed by atoms with Crippen LogP contribution < -0.4 is 0 Å². The van der Waals surface area contributed by atoms with Crippen molar-refractivity contribution in [1.29, 1.82) is 0 Å². The van der Waals surface area contributed by atoms with Crippen LogP contribution in [0.15, 0.2) is 60.7 Å². The van der Waals surface area contributed by atoms with Gasteiger partial charge in [-0.1, -0.05) is 67.6 Å². The van der Waals surface area contributed by atoms with E-state index in [4.69, 9.17) is 0 Å². The molecule has 0 aliphatic heterocycles. The summed E-state index contributed by atoms with van der Waals surface area (Å²) < 4.78 is 0. The van der Waals surface area contributed by atoms with Crippen LogP contribution >= 0.6 is 0 Å². The van der Waals surface area contributed by atoms with Crippen LogP contribution in [0.5, 0.6) is 0 Å². The first-order valence-corrected chi connectivity index (χ1v) is 6.51. The van der Waals surface area contributed by atoms with Gasteiger partial charge < -0.3 is 0 Å². The van der Waals surface area contributed by atoms with Crippen LogP contribution in [0.1, 0.15) is 29.5 Å². The lowest BCUT2D eigenvalue weighted by atomic mass is 9.96. The summed E-state index contributed by atoms with van der Waals surface area (Å²) in [5.74, 6) is 0.0379. The molecule has 0 aromatic heterocycles. The monoisotopic (exact) mass is 250 g/mol. The molecule has 0 N–H and O–H groups in total. The van der Waals surface area contributed by atoms with Crippen LogP contribution in [0.3, 0.4) is 0 Å². The highest BCUT2D eigenvalue weighted by Gasteiger charge is 2.11. The van der Waals surface area contributed by atoms with E-state index in [-0.39, 0.29) is 11.7 Å². The van der Waals surface area contributed by atoms with Crippen LogP contribution in [0.2, 0.25) is 0 Å². The van der Waals surface area contributed by atoms with E-state index in [9.17, 15) is 4.79 Å². The third-order valence-electron chi connectivity index (χ3n) is 3.34. The van der Waals surface area contributed by atoms with Gasteiger partial charge in [-0.3, -0.25) is 4.79 Å². The zero-order valence-corrected chi connectivity index (χ0v) is 11.3. The van der Waals surface area contributed by atoms with Crippen molar-refractivity contribution >= 4 is 11.9 Å². The number of hydrogen-bond donors (Lipinski definition) is 0. The minimum absolute atomic E-state index is 0.0959. The van der Waals surface area contributed by atoms with Crippen molar-refractivity contribution in [2.75, 3.05) is 0 Å². The molecule has 0 bridgehead atoms. The Balaban J connectivity index is 2.12. The summed E-state index contributed by atoms with van der Waals surface area (Å²) in [6.07, 6.45) is 3.58. The maximum Gasteiger partial charge on any atom is 0.162 e. The number of aryl methyl sites for hydroxylation is 1. The van der Waals surface area contributed by atoms with Crippen molar-refractivity contribution in [3.63, 3.8) is 0 Å². The van der Waals surface area contributed by atoms with Crippen molar-refractivity contribution < 1.29 is 4.79 Å². The zero-order chi connectivity index (χ0) is 13.7. The Bertz CT molecular complexity index is 582. The average molecular weight is 250 g/mol. The summed E-state index contributed by atoms with van der Waals surface area (Å²) in [4.78, 5) is 12.1. The lowest BCUT2D eigenvalue weighted by molar-refractivity contribution is -0.115. The molecule has 0 saturated heterocycles. The summed E-state index contributed by atoms with van der Waals surface area (Å²) in [5, 5.41) is 0. The van der Waals surface area contributed by atoms with Crippen LogP contribution in [0.4, 0.5) is 0 Å². The average Bonchev–Trinajstić information content (AvgIpc) is 2.46. The Morgan fingerprint density at radius 1 is 1.00 bits per heavy atom. The first kappa shape index (κ1) is 13.3. The number of ketones is 1. The third-order valence-corrected chi connectivity index (χ3v) is 3.34. The van der Waals surface area contributed by atoms with E-state index in [1.165, 1.54) is 5.56 Å². The standard InChI is InChI=1S/C18H18O/c1-14-8-6-7-9-16(14)12-13-18(19)15(2)17-10-4-3-5-11-17/h3-13,15H,1-2H3/b13-12+. The normalized spacial score (nSPS) is 12.5. The molecule has 0 fully saturated rings. The molecule has 2 rings (SSSR count). The van der Waals surface area contributed by atoms with E-state index in [2.05, 4.69) is 0 Å². The quantitative estimate of drug-likeness (QED) is 0.736. The Morgan fingerprint density at radius 2 is 1.63 bits per heavy atom. The molecule has 96 valence electrons. The molecule has 19 heavy (non-hydrogen) atoms. The predicted molar refractivity (Wildman–Crippen MR) is 80.1 cm³/mol. The van der Waals surface area contributed by atoms with Gasteiger partial charge in [0.2, 0.25) is 0 Å². The molecule has 0 aliphatic rings. The highest BCUT2D eigenvalue weighted by atomic mass is 16.1. The van der Waals surface area contributed by atoms with E-state index >= 15 is 0 Å². The molecule has 1 heteroatoms. The van der Waals surface area contributed by atoms with Crippen molar-refractivity contribution in [3.05, 3.63) is 77.4 Å². The Hall–Kier alpha value is -2.15. The van der Waals surface area contributed by atoms with Crippen molar-refractivity contribution in [3.8, 4) is 0 Å². The number of carbonyl (C=O) groups excluding carboxylic acids is 1. The SMILES string of the molecule is Cc1ccccc1/C=C/C(=O)C(C)c1ccccc1. The number of carbonyl (C=O) groups is 1. The molecule has 1 nitrogen and oxygen atoms in total. The highest BCUT2D eigenvalue weighted by Crippen LogP contribution is 2.17. The van der Waals surface area contributed by atoms with E-state index in [0.29, 0.717) is 0 Å². The third kappa shape index (κ3) is 3.41. The number of benzene rings is 2. The molecule has 0 amide bonds. The summed E-state index contributed by atoms with van der Waals surface area (Å²) in [6, 6.07) is 17.9. The van der Waals surface area contributed by atoms with E-state index in [1.54, 1.807) is 6.08 Å². The fraction of sp³-hybridized carbons (Fsp3) is 0.167. The number of rotatable bonds is 4. The van der Waals surface area contributed by atoms with E-state index in [0.717, 1.165) is 11.1 Å². The van der Waals surface area contributed by atoms with Gasteiger partial charge in [0, 0.05) is 5.92 Å². The fourth-order valence-corrected chi connectivity index (χ4v) is 2.00. The smallest absolute Gasteiger partial charge is 0.162 e. The Labute approximate surface area is 114 Å². The van der Waals surface area contributed by atoms with Gasteiger partial charge in [-0.15, -0.1) is 0 Å². The van der Waals surface area contributed by atoms with Gasteiger partial charge in [0.25, 0.3) is 0 Å². The molecular weight excluding hydrogens is 232 g/mol. The summed E-state index contributed by atoms with van der Waals surface area (Å²) >= 11 is 0. The van der Waals surface area contributed by atoms with Crippen LogP contribution in [-0.4, -0.2) is 5.78 Å². The molecule has 2 aromatic carbocycles. The fourth-order valence-electron chi connectivity index (χ4n) is 2.00. The molecule has 0 radical (unpaired) electrons. The van der Waals surface area contributed by atoms with Crippen molar-refractivity contribution in [1.82, 2.24) is 0 Å². The van der Waals surface area contributed by atoms with Crippen molar-refractivity contribution in [2.45, 2.75) is 19.8 Å². The largest absolute Gasteiger partial charge is 0.294 e. The number of allylic oxidation sites excluding steroid dienone is 1. The second-order valence-corrected chi connectivity index (χ2v) is 4.72. The molecule has 0 heterocycles. The zero-order valence-electron chi connectivity index (χ0n) is 11.3. The second kappa shape index (κ2) is 6.14. The molecular formula is C18H18O. The predicted octanol–water partition coefficient (Wildman–Crippen LogP) is 4.38. The molecule has 0 saturated carbocycles. The van der Waals surface area contributed by atoms with Crippen LogP contribution in [-0.2, 0) is 4.79 Å². The van der Waals surface area contributed by atoms with Gasteiger partial charge >= 0.3 is 0 Å².